The van der Waals surface area contributed by atoms with E-state index >= 15 is 0 Å². The second-order valence-corrected chi connectivity index (χ2v) is 7.29. The lowest BCUT2D eigenvalue weighted by atomic mass is 10.0. The third-order valence-electron chi connectivity index (χ3n) is 4.69. The number of rotatable bonds is 7. The predicted octanol–water partition coefficient (Wildman–Crippen LogP) is 2.51. The summed E-state index contributed by atoms with van der Waals surface area (Å²) in [6.45, 7) is 8.46. The molecule has 6 nitrogen and oxygen atoms in total. The maximum Gasteiger partial charge on any atom is 0.244 e. The lowest BCUT2D eigenvalue weighted by molar-refractivity contribution is -0.116. The van der Waals surface area contributed by atoms with E-state index in [1.807, 2.05) is 24.3 Å². The maximum atomic E-state index is 12.3. The first-order valence-electron chi connectivity index (χ1n) is 9.61. The Morgan fingerprint density at radius 1 is 1.26 bits per heavy atom. The van der Waals surface area contributed by atoms with Gasteiger partial charge in [0.15, 0.2) is 0 Å². The Bertz CT molecular complexity index is 785. The van der Waals surface area contributed by atoms with Gasteiger partial charge in [-0.25, -0.2) is 4.98 Å². The van der Waals surface area contributed by atoms with Crippen LogP contribution in [0.15, 0.2) is 36.5 Å². The number of hydrogen-bond acceptors (Lipinski definition) is 5. The zero-order valence-electron chi connectivity index (χ0n) is 16.1. The first-order valence-corrected chi connectivity index (χ1v) is 9.61. The maximum absolute atomic E-state index is 12.3. The molecule has 1 unspecified atom stereocenters. The van der Waals surface area contributed by atoms with Crippen LogP contribution in [0.5, 0.6) is 0 Å². The molecule has 1 N–H and O–H groups in total. The fourth-order valence-corrected chi connectivity index (χ4v) is 3.34. The summed E-state index contributed by atoms with van der Waals surface area (Å²) in [4.78, 5) is 23.5. The molecule has 6 heteroatoms. The van der Waals surface area contributed by atoms with E-state index in [1.54, 1.807) is 12.3 Å². The van der Waals surface area contributed by atoms with Crippen LogP contribution < -0.4 is 5.32 Å². The van der Waals surface area contributed by atoms with Crippen LogP contribution >= 0.6 is 0 Å². The van der Waals surface area contributed by atoms with Crippen molar-refractivity contribution in [2.45, 2.75) is 26.3 Å². The molecule has 1 fully saturated rings. The number of carbonyl (C=O) groups excluding carboxylic acids is 1. The Hall–Kier alpha value is -2.31. The first kappa shape index (κ1) is 19.5. The van der Waals surface area contributed by atoms with E-state index in [0.29, 0.717) is 24.2 Å². The molecule has 1 aromatic carbocycles. The minimum absolute atomic E-state index is 0.105. The normalized spacial score (nSPS) is 16.9. The Labute approximate surface area is 160 Å². The molecule has 2 heterocycles. The van der Waals surface area contributed by atoms with Crippen LogP contribution in [0.2, 0.25) is 0 Å². The highest BCUT2D eigenvalue weighted by Crippen LogP contribution is 2.13. The number of morpholine rings is 1. The highest BCUT2D eigenvalue weighted by atomic mass is 16.5. The summed E-state index contributed by atoms with van der Waals surface area (Å²) in [6.07, 6.45) is 5.98. The van der Waals surface area contributed by atoms with Crippen molar-refractivity contribution >= 4 is 23.0 Å². The van der Waals surface area contributed by atoms with Crippen LogP contribution in [0.4, 0.5) is 0 Å². The summed E-state index contributed by atoms with van der Waals surface area (Å²) in [5.41, 5.74) is 2.35. The standard InChI is InChI=1S/C21H28N4O2/c1-16(2)13-18(25-9-11-27-12-10-25)15-23-21(26)8-7-17-14-22-19-5-3-4-6-20(19)24-17/h3-8,14,16,18H,9-13,15H2,1-2H3,(H,23,26)/b8-7+. The van der Waals surface area contributed by atoms with Crippen molar-refractivity contribution in [3.05, 3.63) is 42.2 Å². The first-order chi connectivity index (χ1) is 13.1. The molecule has 144 valence electrons. The molecule has 2 aromatic rings. The van der Waals surface area contributed by atoms with Crippen molar-refractivity contribution in [3.63, 3.8) is 0 Å². The minimum Gasteiger partial charge on any atom is -0.379 e. The van der Waals surface area contributed by atoms with Gasteiger partial charge in [-0.2, -0.15) is 0 Å². The Kier molecular flexibility index (Phi) is 6.90. The number of para-hydroxylation sites is 2. The lowest BCUT2D eigenvalue weighted by Gasteiger charge is -2.35. The van der Waals surface area contributed by atoms with Gasteiger partial charge in [-0.05, 0) is 30.5 Å². The molecule has 1 atom stereocenters. The van der Waals surface area contributed by atoms with E-state index in [9.17, 15) is 4.79 Å². The fraction of sp³-hybridized carbons (Fsp3) is 0.476. The molecule has 1 aliphatic rings. The fourth-order valence-electron chi connectivity index (χ4n) is 3.34. The summed E-state index contributed by atoms with van der Waals surface area (Å²) < 4.78 is 5.45. The number of amides is 1. The number of hydrogen-bond donors (Lipinski definition) is 1. The van der Waals surface area contributed by atoms with Gasteiger partial charge in [0.2, 0.25) is 5.91 Å². The van der Waals surface area contributed by atoms with Crippen molar-refractivity contribution in [3.8, 4) is 0 Å². The molecular formula is C21H28N4O2. The number of nitrogens with one attached hydrogen (secondary N) is 1. The van der Waals surface area contributed by atoms with Crippen LogP contribution in [0, 0.1) is 5.92 Å². The highest BCUT2D eigenvalue weighted by Gasteiger charge is 2.22. The smallest absolute Gasteiger partial charge is 0.244 e. The number of benzene rings is 1. The zero-order chi connectivity index (χ0) is 19.1. The third kappa shape index (κ3) is 5.84. The van der Waals surface area contributed by atoms with Crippen molar-refractivity contribution in [1.29, 1.82) is 0 Å². The Morgan fingerprint density at radius 2 is 2.00 bits per heavy atom. The van der Waals surface area contributed by atoms with E-state index < -0.39 is 0 Å². The molecule has 3 rings (SSSR count). The minimum atomic E-state index is -0.105. The summed E-state index contributed by atoms with van der Waals surface area (Å²) >= 11 is 0. The molecule has 0 bridgehead atoms. The number of ether oxygens (including phenoxy) is 1. The van der Waals surface area contributed by atoms with Crippen molar-refractivity contribution in [2.75, 3.05) is 32.8 Å². The van der Waals surface area contributed by atoms with Crippen molar-refractivity contribution in [2.24, 2.45) is 5.92 Å². The van der Waals surface area contributed by atoms with Crippen LogP contribution in [0.3, 0.4) is 0 Å². The molecule has 27 heavy (non-hydrogen) atoms. The number of fused-ring (bicyclic) bond motifs is 1. The largest absolute Gasteiger partial charge is 0.379 e. The zero-order valence-corrected chi connectivity index (χ0v) is 16.1. The average Bonchev–Trinajstić information content (AvgIpc) is 2.69. The van der Waals surface area contributed by atoms with Gasteiger partial charge in [0.05, 0.1) is 36.1 Å². The second-order valence-electron chi connectivity index (χ2n) is 7.29. The molecule has 0 spiro atoms. The van der Waals surface area contributed by atoms with Gasteiger partial charge in [0.1, 0.15) is 0 Å². The van der Waals surface area contributed by atoms with Crippen LogP contribution in [-0.2, 0) is 9.53 Å². The summed E-state index contributed by atoms with van der Waals surface area (Å²) in [7, 11) is 0. The lowest BCUT2D eigenvalue weighted by Crippen LogP contribution is -2.49. The van der Waals surface area contributed by atoms with Gasteiger partial charge >= 0.3 is 0 Å². The SMILES string of the molecule is CC(C)CC(CNC(=O)/C=C/c1cnc2ccccc2n1)N1CCOCC1. The van der Waals surface area contributed by atoms with E-state index in [4.69, 9.17) is 4.74 Å². The van der Waals surface area contributed by atoms with E-state index in [1.165, 1.54) is 6.08 Å². The van der Waals surface area contributed by atoms with Crippen molar-refractivity contribution < 1.29 is 9.53 Å². The Morgan fingerprint density at radius 3 is 2.74 bits per heavy atom. The predicted molar refractivity (Wildman–Crippen MR) is 107 cm³/mol. The number of nitrogens with zero attached hydrogens (tertiary/aromatic N) is 3. The third-order valence-corrected chi connectivity index (χ3v) is 4.69. The van der Waals surface area contributed by atoms with E-state index in [0.717, 1.165) is 43.8 Å². The van der Waals surface area contributed by atoms with Crippen LogP contribution in [0.1, 0.15) is 26.0 Å². The highest BCUT2D eigenvalue weighted by molar-refractivity contribution is 5.91. The van der Waals surface area contributed by atoms with Gasteiger partial charge < -0.3 is 10.1 Å². The average molecular weight is 368 g/mol. The van der Waals surface area contributed by atoms with Crippen LogP contribution in [-0.4, -0.2) is 59.7 Å². The van der Waals surface area contributed by atoms with Gasteiger partial charge in [-0.15, -0.1) is 0 Å². The van der Waals surface area contributed by atoms with Gasteiger partial charge in [-0.3, -0.25) is 14.7 Å². The molecule has 0 radical (unpaired) electrons. The Balaban J connectivity index is 1.56. The van der Waals surface area contributed by atoms with E-state index in [-0.39, 0.29) is 5.91 Å². The van der Waals surface area contributed by atoms with E-state index in [2.05, 4.69) is 34.0 Å². The molecule has 1 aromatic heterocycles. The monoisotopic (exact) mass is 368 g/mol. The molecule has 0 saturated carbocycles. The number of carbonyl (C=O) groups is 1. The van der Waals surface area contributed by atoms with Gasteiger partial charge in [0.25, 0.3) is 0 Å². The molecule has 0 aliphatic carbocycles. The summed E-state index contributed by atoms with van der Waals surface area (Å²) in [6, 6.07) is 8.04. The molecular weight excluding hydrogens is 340 g/mol. The number of aromatic nitrogens is 2. The van der Waals surface area contributed by atoms with Gasteiger partial charge in [-0.1, -0.05) is 26.0 Å². The van der Waals surface area contributed by atoms with Gasteiger partial charge in [0, 0.05) is 31.8 Å². The molecule has 1 amide bonds. The molecule has 1 aliphatic heterocycles. The second kappa shape index (κ2) is 9.58. The van der Waals surface area contributed by atoms with Crippen LogP contribution in [0.25, 0.3) is 17.1 Å². The summed E-state index contributed by atoms with van der Waals surface area (Å²) in [5.74, 6) is 0.477. The summed E-state index contributed by atoms with van der Waals surface area (Å²) in [5, 5.41) is 3.04. The quantitative estimate of drug-likeness (QED) is 0.761. The topological polar surface area (TPSA) is 67.4 Å². The molecule has 1 saturated heterocycles. The van der Waals surface area contributed by atoms with Crippen molar-refractivity contribution in [1.82, 2.24) is 20.2 Å².